The summed E-state index contributed by atoms with van der Waals surface area (Å²) in [6.45, 7) is 1.36. The number of carbonyl (C=O) groups is 1. The number of aromatic nitrogens is 2. The van der Waals surface area contributed by atoms with Crippen molar-refractivity contribution in [1.29, 1.82) is 0 Å². The molecule has 2 aliphatic rings. The highest BCUT2D eigenvalue weighted by atomic mass is 16.7. The lowest BCUT2D eigenvalue weighted by atomic mass is 10.0. The molecule has 130 valence electrons. The van der Waals surface area contributed by atoms with Crippen LogP contribution in [0.15, 0.2) is 60.9 Å². The summed E-state index contributed by atoms with van der Waals surface area (Å²) in [6, 6.07) is 15.4. The van der Waals surface area contributed by atoms with Crippen LogP contribution in [0.5, 0.6) is 11.5 Å². The second-order valence-corrected chi connectivity index (χ2v) is 6.42. The zero-order valence-corrected chi connectivity index (χ0v) is 14.0. The van der Waals surface area contributed by atoms with Gasteiger partial charge in [0.1, 0.15) is 5.82 Å². The zero-order valence-electron chi connectivity index (χ0n) is 14.0. The van der Waals surface area contributed by atoms with E-state index >= 15 is 0 Å². The topological polar surface area (TPSA) is 56.6 Å². The first-order valence-electron chi connectivity index (χ1n) is 8.55. The fraction of sp³-hybridized carbons (Fsp3) is 0.200. The number of carbonyl (C=O) groups excluding carboxylic acids is 1. The Balaban J connectivity index is 1.53. The number of nitrogens with zero attached hydrogens (tertiary/aromatic N) is 3. The van der Waals surface area contributed by atoms with Gasteiger partial charge >= 0.3 is 0 Å². The van der Waals surface area contributed by atoms with E-state index in [1.807, 2.05) is 29.3 Å². The van der Waals surface area contributed by atoms with Crippen molar-refractivity contribution in [3.05, 3.63) is 77.9 Å². The molecule has 0 aliphatic carbocycles. The van der Waals surface area contributed by atoms with Gasteiger partial charge in [0.05, 0.1) is 12.6 Å². The first-order valence-corrected chi connectivity index (χ1v) is 8.55. The van der Waals surface area contributed by atoms with Crippen molar-refractivity contribution in [3.8, 4) is 11.5 Å². The molecule has 26 heavy (non-hydrogen) atoms. The molecule has 2 aromatic carbocycles. The van der Waals surface area contributed by atoms with Crippen LogP contribution in [0.2, 0.25) is 0 Å². The van der Waals surface area contributed by atoms with Crippen LogP contribution in [0.1, 0.15) is 27.8 Å². The molecule has 0 bridgehead atoms. The average Bonchev–Trinajstić information content (AvgIpc) is 3.35. The van der Waals surface area contributed by atoms with Gasteiger partial charge in [-0.2, -0.15) is 0 Å². The number of benzene rings is 2. The number of amides is 1. The summed E-state index contributed by atoms with van der Waals surface area (Å²) >= 11 is 0. The largest absolute Gasteiger partial charge is 0.454 e. The summed E-state index contributed by atoms with van der Waals surface area (Å²) in [4.78, 5) is 19.6. The highest BCUT2D eigenvalue weighted by Crippen LogP contribution is 2.35. The van der Waals surface area contributed by atoms with E-state index in [-0.39, 0.29) is 18.7 Å². The average molecular weight is 347 g/mol. The summed E-state index contributed by atoms with van der Waals surface area (Å²) in [5.41, 5.74) is 1.70. The van der Waals surface area contributed by atoms with E-state index in [2.05, 4.69) is 21.7 Å². The number of imidazole rings is 1. The van der Waals surface area contributed by atoms with Crippen LogP contribution in [-0.4, -0.2) is 27.2 Å². The van der Waals surface area contributed by atoms with E-state index < -0.39 is 0 Å². The minimum absolute atomic E-state index is 0.0357. The summed E-state index contributed by atoms with van der Waals surface area (Å²) in [5.74, 6) is 2.15. The van der Waals surface area contributed by atoms with E-state index in [9.17, 15) is 4.79 Å². The van der Waals surface area contributed by atoms with E-state index in [1.165, 1.54) is 0 Å². The highest BCUT2D eigenvalue weighted by molar-refractivity contribution is 5.95. The smallest absolute Gasteiger partial charge is 0.254 e. The Morgan fingerprint density at radius 2 is 1.92 bits per heavy atom. The van der Waals surface area contributed by atoms with Crippen molar-refractivity contribution in [2.75, 3.05) is 6.79 Å². The Labute approximate surface area is 150 Å². The van der Waals surface area contributed by atoms with Gasteiger partial charge in [0.2, 0.25) is 6.79 Å². The van der Waals surface area contributed by atoms with Gasteiger partial charge in [0.15, 0.2) is 11.5 Å². The lowest BCUT2D eigenvalue weighted by Gasteiger charge is -2.36. The molecule has 0 spiro atoms. The lowest BCUT2D eigenvalue weighted by Crippen LogP contribution is -2.41. The van der Waals surface area contributed by atoms with E-state index in [0.717, 1.165) is 11.4 Å². The molecule has 0 N–H and O–H groups in total. The fourth-order valence-electron chi connectivity index (χ4n) is 3.57. The van der Waals surface area contributed by atoms with Gasteiger partial charge in [-0.25, -0.2) is 4.98 Å². The van der Waals surface area contributed by atoms with Crippen LogP contribution in [-0.2, 0) is 13.1 Å². The maximum atomic E-state index is 13.3. The third kappa shape index (κ3) is 2.42. The molecule has 0 saturated carbocycles. The van der Waals surface area contributed by atoms with Gasteiger partial charge in [0, 0.05) is 24.5 Å². The SMILES string of the molecule is O=C(c1ccc2c(c1)OCO2)N1Cc2nccn2CC1c1ccccc1. The molecule has 1 amide bonds. The minimum atomic E-state index is -0.0455. The van der Waals surface area contributed by atoms with Crippen LogP contribution in [0.4, 0.5) is 0 Å². The first kappa shape index (κ1) is 15.0. The van der Waals surface area contributed by atoms with Crippen LogP contribution >= 0.6 is 0 Å². The Hall–Kier alpha value is -3.28. The van der Waals surface area contributed by atoms with Gasteiger partial charge in [-0.3, -0.25) is 4.79 Å². The van der Waals surface area contributed by atoms with Crippen LogP contribution in [0.3, 0.4) is 0 Å². The van der Waals surface area contributed by atoms with Crippen LogP contribution < -0.4 is 9.47 Å². The monoisotopic (exact) mass is 347 g/mol. The van der Waals surface area contributed by atoms with Crippen molar-refractivity contribution in [3.63, 3.8) is 0 Å². The Morgan fingerprint density at radius 1 is 1.08 bits per heavy atom. The molecular weight excluding hydrogens is 330 g/mol. The highest BCUT2D eigenvalue weighted by Gasteiger charge is 2.32. The standard InChI is InChI=1S/C20H17N3O3/c24-20(15-6-7-17-18(10-15)26-13-25-17)23-12-19-21-8-9-22(19)11-16(23)14-4-2-1-3-5-14/h1-10,16H,11-13H2. The maximum absolute atomic E-state index is 13.3. The van der Waals surface area contributed by atoms with Gasteiger partial charge in [-0.1, -0.05) is 30.3 Å². The molecule has 1 atom stereocenters. The Morgan fingerprint density at radius 3 is 2.81 bits per heavy atom. The van der Waals surface area contributed by atoms with Crippen molar-refractivity contribution in [1.82, 2.24) is 14.5 Å². The van der Waals surface area contributed by atoms with Gasteiger partial charge in [0.25, 0.3) is 5.91 Å². The molecule has 6 nitrogen and oxygen atoms in total. The summed E-state index contributed by atoms with van der Waals surface area (Å²) < 4.78 is 12.9. The lowest BCUT2D eigenvalue weighted by molar-refractivity contribution is 0.0584. The van der Waals surface area contributed by atoms with Gasteiger partial charge in [-0.05, 0) is 23.8 Å². The first-order chi connectivity index (χ1) is 12.8. The summed E-state index contributed by atoms with van der Waals surface area (Å²) in [5, 5.41) is 0. The van der Waals surface area contributed by atoms with E-state index in [0.29, 0.717) is 30.2 Å². The molecule has 3 heterocycles. The molecule has 2 aliphatic heterocycles. The van der Waals surface area contributed by atoms with Crippen molar-refractivity contribution in [2.24, 2.45) is 0 Å². The van der Waals surface area contributed by atoms with E-state index in [1.54, 1.807) is 24.4 Å². The maximum Gasteiger partial charge on any atom is 0.254 e. The number of fused-ring (bicyclic) bond motifs is 2. The zero-order chi connectivity index (χ0) is 17.5. The summed E-state index contributed by atoms with van der Waals surface area (Å²) in [6.07, 6.45) is 3.75. The number of rotatable bonds is 2. The molecular formula is C20H17N3O3. The normalized spacial score (nSPS) is 17.8. The molecule has 6 heteroatoms. The second kappa shape index (κ2) is 5.91. The molecule has 3 aromatic rings. The molecule has 0 saturated heterocycles. The third-order valence-electron chi connectivity index (χ3n) is 4.92. The predicted octanol–water partition coefficient (Wildman–Crippen LogP) is 3.01. The van der Waals surface area contributed by atoms with Gasteiger partial charge in [-0.15, -0.1) is 0 Å². The molecule has 0 fully saturated rings. The fourth-order valence-corrected chi connectivity index (χ4v) is 3.57. The van der Waals surface area contributed by atoms with Crippen molar-refractivity contribution >= 4 is 5.91 Å². The Kier molecular flexibility index (Phi) is 3.41. The number of hydrogen-bond acceptors (Lipinski definition) is 4. The molecule has 1 aromatic heterocycles. The molecule has 5 rings (SSSR count). The number of ether oxygens (including phenoxy) is 2. The molecule has 1 unspecified atom stereocenters. The second-order valence-electron chi connectivity index (χ2n) is 6.42. The van der Waals surface area contributed by atoms with Crippen molar-refractivity contribution in [2.45, 2.75) is 19.1 Å². The number of hydrogen-bond donors (Lipinski definition) is 0. The third-order valence-corrected chi connectivity index (χ3v) is 4.92. The Bertz CT molecular complexity index is 967. The van der Waals surface area contributed by atoms with Crippen LogP contribution in [0.25, 0.3) is 0 Å². The summed E-state index contributed by atoms with van der Waals surface area (Å²) in [7, 11) is 0. The van der Waals surface area contributed by atoms with Gasteiger partial charge < -0.3 is 18.9 Å². The predicted molar refractivity (Wildman–Crippen MR) is 93.8 cm³/mol. The molecule has 0 radical (unpaired) electrons. The van der Waals surface area contributed by atoms with Crippen molar-refractivity contribution < 1.29 is 14.3 Å². The minimum Gasteiger partial charge on any atom is -0.454 e. The van der Waals surface area contributed by atoms with E-state index in [4.69, 9.17) is 9.47 Å². The van der Waals surface area contributed by atoms with Crippen LogP contribution in [0, 0.1) is 0 Å². The quantitative estimate of drug-likeness (QED) is 0.715.